The molecule has 4 rings (SSSR count). The molecule has 138 valence electrons. The maximum atomic E-state index is 12.2. The minimum Gasteiger partial charge on any atom is -0.454 e. The highest BCUT2D eigenvalue weighted by Crippen LogP contribution is 2.35. The van der Waals surface area contributed by atoms with Crippen LogP contribution in [0.15, 0.2) is 46.9 Å². The third-order valence-corrected chi connectivity index (χ3v) is 4.30. The first kappa shape index (κ1) is 17.1. The largest absolute Gasteiger partial charge is 0.454 e. The summed E-state index contributed by atoms with van der Waals surface area (Å²) in [5, 5.41) is 10.5. The summed E-state index contributed by atoms with van der Waals surface area (Å²) in [6, 6.07) is 13.4. The Kier molecular flexibility index (Phi) is 4.50. The zero-order chi connectivity index (χ0) is 18.8. The molecule has 0 radical (unpaired) electrons. The van der Waals surface area contributed by atoms with Crippen molar-refractivity contribution >= 4 is 11.9 Å². The van der Waals surface area contributed by atoms with Gasteiger partial charge in [0.1, 0.15) is 0 Å². The third-order valence-electron chi connectivity index (χ3n) is 4.30. The van der Waals surface area contributed by atoms with Gasteiger partial charge in [-0.15, -0.1) is 5.10 Å². The summed E-state index contributed by atoms with van der Waals surface area (Å²) in [5.74, 6) is 1.84. The van der Waals surface area contributed by atoms with Gasteiger partial charge in [0.05, 0.1) is 6.42 Å². The highest BCUT2D eigenvalue weighted by Gasteiger charge is 2.17. The smallest absolute Gasteiger partial charge is 0.322 e. The van der Waals surface area contributed by atoms with Crippen LogP contribution in [-0.4, -0.2) is 22.9 Å². The van der Waals surface area contributed by atoms with Crippen LogP contribution in [0, 0.1) is 0 Å². The molecular formula is C20H19N3O4. The maximum Gasteiger partial charge on any atom is 0.322 e. The predicted octanol–water partition coefficient (Wildman–Crippen LogP) is 3.77. The number of aromatic nitrogens is 2. The average Bonchev–Trinajstić information content (AvgIpc) is 3.30. The fourth-order valence-electron chi connectivity index (χ4n) is 2.79. The lowest BCUT2D eigenvalue weighted by molar-refractivity contribution is -0.115. The summed E-state index contributed by atoms with van der Waals surface area (Å²) in [4.78, 5) is 12.2. The minimum absolute atomic E-state index is 0.0615. The average molecular weight is 365 g/mol. The third kappa shape index (κ3) is 3.76. The Hall–Kier alpha value is -3.35. The number of ether oxygens (including phenoxy) is 2. The molecule has 0 bridgehead atoms. The highest BCUT2D eigenvalue weighted by molar-refractivity contribution is 5.90. The second-order valence-electron chi connectivity index (χ2n) is 6.60. The number of rotatable bonds is 5. The van der Waals surface area contributed by atoms with E-state index in [9.17, 15) is 4.79 Å². The van der Waals surface area contributed by atoms with Crippen molar-refractivity contribution in [3.05, 3.63) is 53.6 Å². The van der Waals surface area contributed by atoms with Gasteiger partial charge in [-0.25, -0.2) is 0 Å². The number of amides is 1. The van der Waals surface area contributed by atoms with Crippen LogP contribution in [0.1, 0.15) is 30.9 Å². The predicted molar refractivity (Wildman–Crippen MR) is 98.7 cm³/mol. The van der Waals surface area contributed by atoms with Crippen molar-refractivity contribution in [2.75, 3.05) is 12.1 Å². The van der Waals surface area contributed by atoms with Gasteiger partial charge in [0.25, 0.3) is 0 Å². The van der Waals surface area contributed by atoms with E-state index in [-0.39, 0.29) is 25.1 Å². The number of nitrogens with zero attached hydrogens (tertiary/aromatic N) is 2. The fourth-order valence-corrected chi connectivity index (χ4v) is 2.79. The summed E-state index contributed by atoms with van der Waals surface area (Å²) in [6.45, 7) is 4.46. The maximum absolute atomic E-state index is 12.2. The van der Waals surface area contributed by atoms with Crippen molar-refractivity contribution in [1.29, 1.82) is 0 Å². The molecule has 1 amide bonds. The second-order valence-corrected chi connectivity index (χ2v) is 6.60. The molecule has 3 aromatic rings. The molecular weight excluding hydrogens is 346 g/mol. The molecule has 1 aliphatic rings. The zero-order valence-electron chi connectivity index (χ0n) is 15.1. The van der Waals surface area contributed by atoms with Crippen molar-refractivity contribution < 1.29 is 18.7 Å². The standard InChI is InChI=1S/C20H19N3O4/c1-12(2)14-5-3-13(4-6-14)9-18(24)21-20-23-22-19(27-20)15-7-8-16-17(10-15)26-11-25-16/h3-8,10,12H,9,11H2,1-2H3,(H,21,23,24). The second kappa shape index (κ2) is 7.11. The SMILES string of the molecule is CC(C)c1ccc(CC(=O)Nc2nnc(-c3ccc4c(c3)OCO4)o2)cc1. The molecule has 7 nitrogen and oxygen atoms in total. The monoisotopic (exact) mass is 365 g/mol. The highest BCUT2D eigenvalue weighted by atomic mass is 16.7. The Bertz CT molecular complexity index is 964. The Morgan fingerprint density at radius 2 is 1.85 bits per heavy atom. The summed E-state index contributed by atoms with van der Waals surface area (Å²) in [5.41, 5.74) is 2.85. The van der Waals surface area contributed by atoms with E-state index in [0.29, 0.717) is 28.9 Å². The molecule has 0 saturated carbocycles. The van der Waals surface area contributed by atoms with Crippen LogP contribution < -0.4 is 14.8 Å². The quantitative estimate of drug-likeness (QED) is 0.741. The number of benzene rings is 2. The van der Waals surface area contributed by atoms with Crippen LogP contribution in [0.2, 0.25) is 0 Å². The lowest BCUT2D eigenvalue weighted by atomic mass is 10.0. The molecule has 0 saturated heterocycles. The van der Waals surface area contributed by atoms with E-state index in [1.807, 2.05) is 24.3 Å². The number of fused-ring (bicyclic) bond motifs is 1. The summed E-state index contributed by atoms with van der Waals surface area (Å²) >= 11 is 0. The molecule has 2 heterocycles. The first-order chi connectivity index (χ1) is 13.1. The topological polar surface area (TPSA) is 86.5 Å². The van der Waals surface area contributed by atoms with Crippen LogP contribution in [0.3, 0.4) is 0 Å². The van der Waals surface area contributed by atoms with E-state index in [2.05, 4.69) is 29.4 Å². The number of nitrogens with one attached hydrogen (secondary N) is 1. The Labute approximate surface area is 156 Å². The Balaban J connectivity index is 1.41. The van der Waals surface area contributed by atoms with Gasteiger partial charge < -0.3 is 13.9 Å². The van der Waals surface area contributed by atoms with Crippen LogP contribution in [-0.2, 0) is 11.2 Å². The van der Waals surface area contributed by atoms with Crippen molar-refractivity contribution in [2.24, 2.45) is 0 Å². The molecule has 0 fully saturated rings. The van der Waals surface area contributed by atoms with Crippen LogP contribution in [0.4, 0.5) is 6.01 Å². The van der Waals surface area contributed by atoms with Gasteiger partial charge in [-0.2, -0.15) is 0 Å². The van der Waals surface area contributed by atoms with E-state index < -0.39 is 0 Å². The first-order valence-corrected chi connectivity index (χ1v) is 8.71. The number of hydrogen-bond donors (Lipinski definition) is 1. The minimum atomic E-state index is -0.215. The summed E-state index contributed by atoms with van der Waals surface area (Å²) < 4.78 is 16.2. The molecule has 0 atom stereocenters. The number of carbonyl (C=O) groups is 1. The molecule has 0 aliphatic carbocycles. The van der Waals surface area contributed by atoms with Gasteiger partial charge in [-0.1, -0.05) is 43.2 Å². The van der Waals surface area contributed by atoms with Crippen molar-refractivity contribution in [2.45, 2.75) is 26.2 Å². The lowest BCUT2D eigenvalue weighted by Crippen LogP contribution is -2.14. The van der Waals surface area contributed by atoms with E-state index >= 15 is 0 Å². The number of anilines is 1. The molecule has 2 aromatic carbocycles. The van der Waals surface area contributed by atoms with E-state index in [4.69, 9.17) is 13.9 Å². The zero-order valence-corrected chi connectivity index (χ0v) is 15.1. The van der Waals surface area contributed by atoms with Crippen molar-refractivity contribution in [3.8, 4) is 23.0 Å². The molecule has 1 aromatic heterocycles. The first-order valence-electron chi connectivity index (χ1n) is 8.71. The van der Waals surface area contributed by atoms with E-state index in [1.165, 1.54) is 5.56 Å². The van der Waals surface area contributed by atoms with Gasteiger partial charge in [0, 0.05) is 5.56 Å². The lowest BCUT2D eigenvalue weighted by Gasteiger charge is -2.06. The van der Waals surface area contributed by atoms with Crippen LogP contribution in [0.5, 0.6) is 11.5 Å². The number of carbonyl (C=O) groups excluding carboxylic acids is 1. The van der Waals surface area contributed by atoms with Crippen molar-refractivity contribution in [3.63, 3.8) is 0 Å². The van der Waals surface area contributed by atoms with Crippen LogP contribution >= 0.6 is 0 Å². The van der Waals surface area contributed by atoms with Gasteiger partial charge in [0.15, 0.2) is 11.5 Å². The van der Waals surface area contributed by atoms with E-state index in [0.717, 1.165) is 5.56 Å². The Morgan fingerprint density at radius 1 is 1.07 bits per heavy atom. The van der Waals surface area contributed by atoms with Gasteiger partial charge in [-0.3, -0.25) is 10.1 Å². The molecule has 7 heteroatoms. The summed E-state index contributed by atoms with van der Waals surface area (Å²) in [7, 11) is 0. The molecule has 0 unspecified atom stereocenters. The van der Waals surface area contributed by atoms with Crippen LogP contribution in [0.25, 0.3) is 11.5 Å². The van der Waals surface area contributed by atoms with Gasteiger partial charge in [0.2, 0.25) is 18.6 Å². The fraction of sp³-hybridized carbons (Fsp3) is 0.250. The van der Waals surface area contributed by atoms with Gasteiger partial charge >= 0.3 is 6.01 Å². The Morgan fingerprint density at radius 3 is 2.63 bits per heavy atom. The van der Waals surface area contributed by atoms with Crippen molar-refractivity contribution in [1.82, 2.24) is 10.2 Å². The molecule has 0 spiro atoms. The molecule has 27 heavy (non-hydrogen) atoms. The molecule has 1 N–H and O–H groups in total. The molecule has 1 aliphatic heterocycles. The van der Waals surface area contributed by atoms with Gasteiger partial charge in [-0.05, 0) is 35.2 Å². The number of hydrogen-bond acceptors (Lipinski definition) is 6. The normalized spacial score (nSPS) is 12.4. The van der Waals surface area contributed by atoms with E-state index in [1.54, 1.807) is 18.2 Å². The summed E-state index contributed by atoms with van der Waals surface area (Å²) in [6.07, 6.45) is 0.236.